The van der Waals surface area contributed by atoms with Crippen LogP contribution in [0.2, 0.25) is 15.2 Å². The van der Waals surface area contributed by atoms with Gasteiger partial charge in [-0.25, -0.2) is 4.98 Å². The van der Waals surface area contributed by atoms with E-state index in [9.17, 15) is 13.6 Å². The average Bonchev–Trinajstić information content (AvgIpc) is 2.59. The van der Waals surface area contributed by atoms with Gasteiger partial charge < -0.3 is 9.53 Å². The van der Waals surface area contributed by atoms with E-state index in [1.807, 2.05) is 0 Å². The van der Waals surface area contributed by atoms with Crippen LogP contribution in [0.25, 0.3) is 10.9 Å². The monoisotopic (exact) mass is 416 g/mol. The Bertz CT molecular complexity index is 965. The van der Waals surface area contributed by atoms with Crippen LogP contribution in [-0.4, -0.2) is 22.9 Å². The molecule has 0 saturated heterocycles. The van der Waals surface area contributed by atoms with Crippen LogP contribution in [0.4, 0.5) is 8.78 Å². The minimum Gasteiger partial charge on any atom is -0.432 e. The van der Waals surface area contributed by atoms with Crippen molar-refractivity contribution in [2.24, 2.45) is 0 Å². The standard InChI is InChI=1S/C17H9Cl3F2N2O2/c18-11-5-23-6-12(19)15(11)10(7-25)8-1-3-13(26-17(21)22)16-9(8)2-4-14(20)24-16/h1-7,10,17H. The van der Waals surface area contributed by atoms with Gasteiger partial charge in [0.1, 0.15) is 17.0 Å². The third-order valence-electron chi connectivity index (χ3n) is 3.71. The first-order chi connectivity index (χ1) is 12.4. The third-order valence-corrected chi connectivity index (χ3v) is 4.52. The van der Waals surface area contributed by atoms with Gasteiger partial charge in [-0.05, 0) is 23.8 Å². The number of carbonyl (C=O) groups excluding carboxylic acids is 1. The molecule has 4 nitrogen and oxygen atoms in total. The minimum absolute atomic E-state index is 0.0939. The average molecular weight is 418 g/mol. The topological polar surface area (TPSA) is 52.1 Å². The van der Waals surface area contributed by atoms with Gasteiger partial charge in [-0.3, -0.25) is 4.98 Å². The molecule has 0 radical (unpaired) electrons. The number of aromatic nitrogens is 2. The summed E-state index contributed by atoms with van der Waals surface area (Å²) < 4.78 is 29.8. The second-order valence-corrected chi connectivity index (χ2v) is 6.39. The van der Waals surface area contributed by atoms with E-state index in [2.05, 4.69) is 14.7 Å². The number of alkyl halides is 2. The molecule has 1 aromatic carbocycles. The molecule has 2 aromatic heterocycles. The Labute approximate surface area is 161 Å². The molecule has 3 rings (SSSR count). The number of hydrogen-bond donors (Lipinski definition) is 0. The van der Waals surface area contributed by atoms with Crippen LogP contribution in [0.5, 0.6) is 5.75 Å². The van der Waals surface area contributed by atoms with E-state index < -0.39 is 12.5 Å². The van der Waals surface area contributed by atoms with E-state index >= 15 is 0 Å². The quantitative estimate of drug-likeness (QED) is 0.405. The van der Waals surface area contributed by atoms with E-state index in [4.69, 9.17) is 34.8 Å². The molecule has 0 amide bonds. The smallest absolute Gasteiger partial charge is 0.387 e. The Balaban J connectivity index is 2.26. The van der Waals surface area contributed by atoms with Gasteiger partial charge >= 0.3 is 6.61 Å². The molecule has 2 heterocycles. The van der Waals surface area contributed by atoms with Crippen molar-refractivity contribution >= 4 is 52.0 Å². The van der Waals surface area contributed by atoms with Crippen LogP contribution in [-0.2, 0) is 4.79 Å². The van der Waals surface area contributed by atoms with Crippen molar-refractivity contribution in [3.05, 3.63) is 63.0 Å². The van der Waals surface area contributed by atoms with Crippen LogP contribution >= 0.6 is 34.8 Å². The SMILES string of the molecule is O=CC(c1c(Cl)cncc1Cl)c1ccc(OC(F)F)c2nc(Cl)ccc12. The normalized spacial score (nSPS) is 12.4. The van der Waals surface area contributed by atoms with Crippen LogP contribution < -0.4 is 4.74 Å². The second kappa shape index (κ2) is 7.70. The number of hydrogen-bond acceptors (Lipinski definition) is 4. The molecule has 0 saturated carbocycles. The summed E-state index contributed by atoms with van der Waals surface area (Å²) in [4.78, 5) is 19.8. The highest BCUT2D eigenvalue weighted by Crippen LogP contribution is 2.39. The van der Waals surface area contributed by atoms with Crippen LogP contribution in [0.1, 0.15) is 17.0 Å². The summed E-state index contributed by atoms with van der Waals surface area (Å²) in [6.07, 6.45) is 3.39. The molecule has 134 valence electrons. The molecular weight excluding hydrogens is 409 g/mol. The van der Waals surface area contributed by atoms with Crippen molar-refractivity contribution in [1.29, 1.82) is 0 Å². The predicted octanol–water partition coefficient (Wildman–Crippen LogP) is 5.52. The van der Waals surface area contributed by atoms with Crippen molar-refractivity contribution in [2.75, 3.05) is 0 Å². The number of pyridine rings is 2. The zero-order chi connectivity index (χ0) is 18.8. The van der Waals surface area contributed by atoms with E-state index in [-0.39, 0.29) is 26.5 Å². The minimum atomic E-state index is -3.03. The largest absolute Gasteiger partial charge is 0.432 e. The fourth-order valence-corrected chi connectivity index (χ4v) is 3.42. The number of aldehydes is 1. The zero-order valence-corrected chi connectivity index (χ0v) is 15.1. The number of ether oxygens (including phenoxy) is 1. The van der Waals surface area contributed by atoms with Crippen molar-refractivity contribution < 1.29 is 18.3 Å². The molecular formula is C17H9Cl3F2N2O2. The number of benzene rings is 1. The summed E-state index contributed by atoms with van der Waals surface area (Å²) in [5.41, 5.74) is 0.927. The second-order valence-electron chi connectivity index (χ2n) is 5.19. The molecule has 0 fully saturated rings. The van der Waals surface area contributed by atoms with Crippen molar-refractivity contribution in [2.45, 2.75) is 12.5 Å². The summed E-state index contributed by atoms with van der Waals surface area (Å²) >= 11 is 18.2. The fraction of sp³-hybridized carbons (Fsp3) is 0.118. The first-order valence-electron chi connectivity index (χ1n) is 7.20. The number of rotatable bonds is 5. The third kappa shape index (κ3) is 3.58. The number of nitrogens with zero attached hydrogens (tertiary/aromatic N) is 2. The van der Waals surface area contributed by atoms with Crippen molar-refractivity contribution in [1.82, 2.24) is 9.97 Å². The molecule has 0 spiro atoms. The Hall–Kier alpha value is -2.02. The van der Waals surface area contributed by atoms with Gasteiger partial charge in [0, 0.05) is 23.3 Å². The van der Waals surface area contributed by atoms with Gasteiger partial charge in [-0.1, -0.05) is 40.9 Å². The highest BCUT2D eigenvalue weighted by molar-refractivity contribution is 6.36. The summed E-state index contributed by atoms with van der Waals surface area (Å²) in [6, 6.07) is 5.84. The highest BCUT2D eigenvalue weighted by atomic mass is 35.5. The molecule has 0 aliphatic rings. The maximum absolute atomic E-state index is 12.7. The van der Waals surface area contributed by atoms with Gasteiger partial charge in [0.25, 0.3) is 0 Å². The summed E-state index contributed by atoms with van der Waals surface area (Å²) in [5.74, 6) is -1.01. The van der Waals surface area contributed by atoms with Gasteiger partial charge in [0.2, 0.25) is 0 Å². The van der Waals surface area contributed by atoms with Gasteiger partial charge in [0.15, 0.2) is 5.75 Å². The molecule has 1 unspecified atom stereocenters. The van der Waals surface area contributed by atoms with E-state index in [1.54, 1.807) is 6.07 Å². The summed E-state index contributed by atoms with van der Waals surface area (Å²) in [7, 11) is 0. The van der Waals surface area contributed by atoms with Crippen molar-refractivity contribution in [3.8, 4) is 5.75 Å². The lowest BCUT2D eigenvalue weighted by Gasteiger charge is -2.18. The lowest BCUT2D eigenvalue weighted by molar-refractivity contribution is -0.108. The first kappa shape index (κ1) is 18.8. The first-order valence-corrected chi connectivity index (χ1v) is 8.34. The Morgan fingerprint density at radius 2 is 1.73 bits per heavy atom. The Kier molecular flexibility index (Phi) is 5.55. The van der Waals surface area contributed by atoms with Gasteiger partial charge in [-0.2, -0.15) is 8.78 Å². The predicted molar refractivity (Wildman–Crippen MR) is 95.5 cm³/mol. The highest BCUT2D eigenvalue weighted by Gasteiger charge is 2.24. The molecule has 26 heavy (non-hydrogen) atoms. The molecule has 9 heteroatoms. The molecule has 3 aromatic rings. The van der Waals surface area contributed by atoms with Crippen molar-refractivity contribution in [3.63, 3.8) is 0 Å². The Morgan fingerprint density at radius 3 is 2.35 bits per heavy atom. The molecule has 0 N–H and O–H groups in total. The van der Waals surface area contributed by atoms with E-state index in [0.29, 0.717) is 22.8 Å². The number of carbonyl (C=O) groups is 1. The van der Waals surface area contributed by atoms with E-state index in [0.717, 1.165) is 0 Å². The summed E-state index contributed by atoms with van der Waals surface area (Å²) in [5, 5.41) is 0.917. The number of halogens is 5. The maximum Gasteiger partial charge on any atom is 0.387 e. The fourth-order valence-electron chi connectivity index (χ4n) is 2.67. The lowest BCUT2D eigenvalue weighted by atomic mass is 9.90. The van der Waals surface area contributed by atoms with E-state index in [1.165, 1.54) is 30.6 Å². The summed E-state index contributed by atoms with van der Waals surface area (Å²) in [6.45, 7) is -3.03. The molecule has 0 aliphatic carbocycles. The van der Waals surface area contributed by atoms with Crippen LogP contribution in [0.15, 0.2) is 36.7 Å². The van der Waals surface area contributed by atoms with Crippen LogP contribution in [0.3, 0.4) is 0 Å². The molecule has 0 aliphatic heterocycles. The zero-order valence-electron chi connectivity index (χ0n) is 12.8. The van der Waals surface area contributed by atoms with Gasteiger partial charge in [-0.15, -0.1) is 0 Å². The number of fused-ring (bicyclic) bond motifs is 1. The lowest BCUT2D eigenvalue weighted by Crippen LogP contribution is -2.08. The maximum atomic E-state index is 12.7. The molecule has 1 atom stereocenters. The van der Waals surface area contributed by atoms with Gasteiger partial charge in [0.05, 0.1) is 16.0 Å². The molecule has 0 bridgehead atoms. The Morgan fingerprint density at radius 1 is 1.04 bits per heavy atom. The van der Waals surface area contributed by atoms with Crippen LogP contribution in [0, 0.1) is 0 Å².